The average Bonchev–Trinajstić information content (AvgIpc) is 2.66. The molecule has 0 unspecified atom stereocenters. The molecular weight excluding hydrogens is 253 g/mol. The van der Waals surface area contributed by atoms with Crippen LogP contribution in [0.1, 0.15) is 10.6 Å². The van der Waals surface area contributed by atoms with Gasteiger partial charge in [0.2, 0.25) is 5.76 Å². The SMILES string of the molecule is O=C(O)c1cc(-c2c(Cl)cccc2Cl)no1. The van der Waals surface area contributed by atoms with E-state index in [2.05, 4.69) is 9.68 Å². The van der Waals surface area contributed by atoms with E-state index in [9.17, 15) is 4.79 Å². The van der Waals surface area contributed by atoms with Crippen LogP contribution in [0.5, 0.6) is 0 Å². The molecule has 82 valence electrons. The molecule has 1 heterocycles. The van der Waals surface area contributed by atoms with Gasteiger partial charge in [-0.25, -0.2) is 4.79 Å². The summed E-state index contributed by atoms with van der Waals surface area (Å²) in [4.78, 5) is 10.6. The topological polar surface area (TPSA) is 63.3 Å². The number of halogens is 2. The first kappa shape index (κ1) is 11.0. The van der Waals surface area contributed by atoms with Gasteiger partial charge in [0.25, 0.3) is 0 Å². The second-order valence-electron chi connectivity index (χ2n) is 2.98. The molecule has 0 atom stereocenters. The molecule has 0 spiro atoms. The lowest BCUT2D eigenvalue weighted by Crippen LogP contribution is -1.91. The van der Waals surface area contributed by atoms with E-state index in [0.717, 1.165) is 0 Å². The number of aromatic carboxylic acids is 1. The van der Waals surface area contributed by atoms with Gasteiger partial charge in [0.15, 0.2) is 0 Å². The van der Waals surface area contributed by atoms with Crippen LogP contribution < -0.4 is 0 Å². The molecule has 0 aliphatic heterocycles. The van der Waals surface area contributed by atoms with Crippen LogP contribution in [0.15, 0.2) is 28.8 Å². The summed E-state index contributed by atoms with van der Waals surface area (Å²) >= 11 is 11.9. The highest BCUT2D eigenvalue weighted by Crippen LogP contribution is 2.33. The average molecular weight is 258 g/mol. The van der Waals surface area contributed by atoms with Gasteiger partial charge in [0.1, 0.15) is 5.69 Å². The van der Waals surface area contributed by atoms with E-state index in [1.807, 2.05) is 0 Å². The molecule has 16 heavy (non-hydrogen) atoms. The summed E-state index contributed by atoms with van der Waals surface area (Å²) in [5.41, 5.74) is 0.759. The molecule has 0 bridgehead atoms. The maximum absolute atomic E-state index is 10.6. The first-order valence-corrected chi connectivity index (χ1v) is 4.99. The van der Waals surface area contributed by atoms with Gasteiger partial charge >= 0.3 is 5.97 Å². The minimum absolute atomic E-state index is 0.258. The largest absolute Gasteiger partial charge is 0.475 e. The highest BCUT2D eigenvalue weighted by atomic mass is 35.5. The highest BCUT2D eigenvalue weighted by molar-refractivity contribution is 6.39. The number of hydrogen-bond donors (Lipinski definition) is 1. The van der Waals surface area contributed by atoms with Gasteiger partial charge in [-0.15, -0.1) is 0 Å². The van der Waals surface area contributed by atoms with Crippen molar-refractivity contribution in [1.29, 1.82) is 0 Å². The molecule has 0 fully saturated rings. The Hall–Kier alpha value is -1.52. The van der Waals surface area contributed by atoms with Gasteiger partial charge in [0.05, 0.1) is 10.0 Å². The highest BCUT2D eigenvalue weighted by Gasteiger charge is 2.16. The number of nitrogens with zero attached hydrogens (tertiary/aromatic N) is 1. The van der Waals surface area contributed by atoms with Gasteiger partial charge < -0.3 is 9.63 Å². The summed E-state index contributed by atoms with van der Waals surface area (Å²) in [6.07, 6.45) is 0. The van der Waals surface area contributed by atoms with E-state index in [1.54, 1.807) is 18.2 Å². The van der Waals surface area contributed by atoms with Crippen molar-refractivity contribution in [2.45, 2.75) is 0 Å². The smallest absolute Gasteiger partial charge is 0.374 e. The van der Waals surface area contributed by atoms with Crippen molar-refractivity contribution in [1.82, 2.24) is 5.16 Å². The minimum atomic E-state index is -1.19. The van der Waals surface area contributed by atoms with Crippen LogP contribution >= 0.6 is 23.2 Å². The van der Waals surface area contributed by atoms with Gasteiger partial charge in [-0.3, -0.25) is 0 Å². The molecule has 0 aliphatic carbocycles. The monoisotopic (exact) mass is 257 g/mol. The summed E-state index contributed by atoms with van der Waals surface area (Å²) in [6.45, 7) is 0. The van der Waals surface area contributed by atoms with E-state index in [4.69, 9.17) is 28.3 Å². The van der Waals surface area contributed by atoms with Crippen LogP contribution in [0.4, 0.5) is 0 Å². The summed E-state index contributed by atoms with van der Waals surface area (Å²) in [7, 11) is 0. The molecule has 0 saturated heterocycles. The molecule has 0 amide bonds. The number of rotatable bonds is 2. The van der Waals surface area contributed by atoms with Crippen molar-refractivity contribution in [2.24, 2.45) is 0 Å². The van der Waals surface area contributed by atoms with Crippen LogP contribution in [-0.2, 0) is 0 Å². The molecule has 1 aromatic carbocycles. The summed E-state index contributed by atoms with van der Waals surface area (Å²) in [5, 5.41) is 13.1. The molecular formula is C10H5Cl2NO3. The Morgan fingerprint density at radius 1 is 1.31 bits per heavy atom. The number of aromatic nitrogens is 1. The van der Waals surface area contributed by atoms with Crippen LogP contribution in [0.2, 0.25) is 10.0 Å². The third-order valence-electron chi connectivity index (χ3n) is 1.94. The summed E-state index contributed by atoms with van der Waals surface area (Å²) in [5.74, 6) is -1.45. The number of hydrogen-bond acceptors (Lipinski definition) is 3. The van der Waals surface area contributed by atoms with Gasteiger partial charge in [-0.05, 0) is 12.1 Å². The molecule has 0 radical (unpaired) electrons. The molecule has 1 aromatic heterocycles. The van der Waals surface area contributed by atoms with Crippen LogP contribution in [0, 0.1) is 0 Å². The lowest BCUT2D eigenvalue weighted by atomic mass is 10.1. The predicted octanol–water partition coefficient (Wildman–Crippen LogP) is 3.35. The maximum Gasteiger partial charge on any atom is 0.374 e. The Balaban J connectivity index is 2.54. The molecule has 2 aromatic rings. The zero-order valence-electron chi connectivity index (χ0n) is 7.78. The third kappa shape index (κ3) is 1.89. The molecule has 4 nitrogen and oxygen atoms in total. The molecule has 2 rings (SSSR count). The van der Waals surface area contributed by atoms with Crippen molar-refractivity contribution in [3.05, 3.63) is 40.1 Å². The fourth-order valence-electron chi connectivity index (χ4n) is 1.24. The lowest BCUT2D eigenvalue weighted by Gasteiger charge is -2.01. The lowest BCUT2D eigenvalue weighted by molar-refractivity contribution is 0.0652. The number of carbonyl (C=O) groups is 1. The first-order valence-electron chi connectivity index (χ1n) is 4.24. The Morgan fingerprint density at radius 3 is 2.44 bits per heavy atom. The van der Waals surface area contributed by atoms with E-state index in [-0.39, 0.29) is 5.76 Å². The Bertz CT molecular complexity index is 530. The second kappa shape index (κ2) is 4.15. The standard InChI is InChI=1S/C10H5Cl2NO3/c11-5-2-1-3-6(12)9(5)7-4-8(10(14)15)16-13-7/h1-4H,(H,14,15). The van der Waals surface area contributed by atoms with Crippen LogP contribution in [0.3, 0.4) is 0 Å². The van der Waals surface area contributed by atoms with E-state index in [1.165, 1.54) is 6.07 Å². The fraction of sp³-hybridized carbons (Fsp3) is 0. The fourth-order valence-corrected chi connectivity index (χ4v) is 1.83. The normalized spacial score (nSPS) is 10.4. The Kier molecular flexibility index (Phi) is 2.85. The van der Waals surface area contributed by atoms with Crippen molar-refractivity contribution in [3.63, 3.8) is 0 Å². The molecule has 0 aliphatic rings. The molecule has 1 N–H and O–H groups in total. The second-order valence-corrected chi connectivity index (χ2v) is 3.79. The van der Waals surface area contributed by atoms with Crippen LogP contribution in [-0.4, -0.2) is 16.2 Å². The third-order valence-corrected chi connectivity index (χ3v) is 2.57. The minimum Gasteiger partial charge on any atom is -0.475 e. The zero-order chi connectivity index (χ0) is 11.7. The predicted molar refractivity (Wildman–Crippen MR) is 58.9 cm³/mol. The van der Waals surface area contributed by atoms with Gasteiger partial charge in [0, 0.05) is 11.6 Å². The van der Waals surface area contributed by atoms with Crippen molar-refractivity contribution in [2.75, 3.05) is 0 Å². The van der Waals surface area contributed by atoms with Gasteiger partial charge in [-0.2, -0.15) is 0 Å². The number of benzene rings is 1. The van der Waals surface area contributed by atoms with Crippen LogP contribution in [0.25, 0.3) is 11.3 Å². The number of carboxylic acids is 1. The van der Waals surface area contributed by atoms with E-state index in [0.29, 0.717) is 21.3 Å². The zero-order valence-corrected chi connectivity index (χ0v) is 9.29. The first-order chi connectivity index (χ1) is 7.59. The quantitative estimate of drug-likeness (QED) is 0.897. The van der Waals surface area contributed by atoms with Crippen molar-refractivity contribution < 1.29 is 14.4 Å². The van der Waals surface area contributed by atoms with E-state index < -0.39 is 5.97 Å². The Labute approximate surface area is 100 Å². The Morgan fingerprint density at radius 2 is 1.94 bits per heavy atom. The van der Waals surface area contributed by atoms with Gasteiger partial charge in [-0.1, -0.05) is 34.4 Å². The van der Waals surface area contributed by atoms with Crippen molar-refractivity contribution in [3.8, 4) is 11.3 Å². The maximum atomic E-state index is 10.6. The molecule has 0 saturated carbocycles. The van der Waals surface area contributed by atoms with E-state index >= 15 is 0 Å². The number of carboxylic acid groups (broad SMARTS) is 1. The van der Waals surface area contributed by atoms with Crippen molar-refractivity contribution >= 4 is 29.2 Å². The summed E-state index contributed by atoms with van der Waals surface area (Å²) in [6, 6.07) is 6.23. The summed E-state index contributed by atoms with van der Waals surface area (Å²) < 4.78 is 4.62. The molecule has 6 heteroatoms.